The number of rotatable bonds is 5. The predicted octanol–water partition coefficient (Wildman–Crippen LogP) is 2.38. The smallest absolute Gasteiger partial charge is 0.257 e. The third kappa shape index (κ3) is 3.44. The molecular formula is C20H20N2O4. The molecule has 0 bridgehead atoms. The number of imide groups is 1. The first kappa shape index (κ1) is 17.7. The number of anilines is 1. The predicted molar refractivity (Wildman–Crippen MR) is 96.6 cm³/mol. The van der Waals surface area contributed by atoms with Crippen molar-refractivity contribution in [3.8, 4) is 5.75 Å². The number of carbonyl (C=O) groups is 3. The Kier molecular flexibility index (Phi) is 5.02. The zero-order chi connectivity index (χ0) is 18.7. The van der Waals surface area contributed by atoms with Crippen molar-refractivity contribution in [2.24, 2.45) is 0 Å². The van der Waals surface area contributed by atoms with Crippen LogP contribution in [0.3, 0.4) is 0 Å². The first-order valence-corrected chi connectivity index (χ1v) is 8.33. The van der Waals surface area contributed by atoms with Crippen molar-refractivity contribution in [3.05, 3.63) is 60.2 Å². The van der Waals surface area contributed by atoms with Gasteiger partial charge in [-0.2, -0.15) is 0 Å². The molecule has 1 heterocycles. The molecule has 0 radical (unpaired) electrons. The average Bonchev–Trinajstić information content (AvgIpc) is 2.94. The normalized spacial score (nSPS) is 16.7. The summed E-state index contributed by atoms with van der Waals surface area (Å²) in [6, 6.07) is 15.2. The second kappa shape index (κ2) is 7.39. The quantitative estimate of drug-likeness (QED) is 0.775. The summed E-state index contributed by atoms with van der Waals surface area (Å²) in [6.07, 6.45) is -0.0105. The number of methoxy groups -OCH3 is 1. The maximum Gasteiger partial charge on any atom is 0.257 e. The fourth-order valence-electron chi connectivity index (χ4n) is 3.08. The molecule has 6 nitrogen and oxygen atoms in total. The van der Waals surface area contributed by atoms with Gasteiger partial charge in [-0.3, -0.25) is 14.4 Å². The molecule has 134 valence electrons. The third-order valence-corrected chi connectivity index (χ3v) is 4.43. The Morgan fingerprint density at radius 1 is 1.12 bits per heavy atom. The second-order valence-corrected chi connectivity index (χ2v) is 6.12. The highest BCUT2D eigenvalue weighted by molar-refractivity contribution is 6.22. The van der Waals surface area contributed by atoms with Gasteiger partial charge in [0.05, 0.1) is 19.2 Å². The standard InChI is InChI=1S/C20H20N2O4/c1-14(23)21(13-15-8-10-17(26-2)11-9-15)18-12-19(24)22(20(18)25)16-6-4-3-5-7-16/h3-11,18H,12-13H2,1-2H3. The summed E-state index contributed by atoms with van der Waals surface area (Å²) in [6.45, 7) is 1.66. The Labute approximate surface area is 152 Å². The van der Waals surface area contributed by atoms with Crippen LogP contribution in [0.5, 0.6) is 5.75 Å². The molecule has 1 fully saturated rings. The molecule has 6 heteroatoms. The molecular weight excluding hydrogens is 332 g/mol. The SMILES string of the molecule is COc1ccc(CN(C(C)=O)C2CC(=O)N(c3ccccc3)C2=O)cc1. The van der Waals surface area contributed by atoms with Crippen molar-refractivity contribution in [2.45, 2.75) is 25.9 Å². The zero-order valence-electron chi connectivity index (χ0n) is 14.7. The van der Waals surface area contributed by atoms with E-state index in [4.69, 9.17) is 4.74 Å². The topological polar surface area (TPSA) is 66.9 Å². The molecule has 26 heavy (non-hydrogen) atoms. The second-order valence-electron chi connectivity index (χ2n) is 6.12. The van der Waals surface area contributed by atoms with Crippen LogP contribution in [0.15, 0.2) is 54.6 Å². The van der Waals surface area contributed by atoms with Gasteiger partial charge in [-0.1, -0.05) is 30.3 Å². The van der Waals surface area contributed by atoms with Gasteiger partial charge >= 0.3 is 0 Å². The lowest BCUT2D eigenvalue weighted by Crippen LogP contribution is -2.44. The van der Waals surface area contributed by atoms with E-state index in [1.54, 1.807) is 43.5 Å². The Morgan fingerprint density at radius 2 is 1.77 bits per heavy atom. The van der Waals surface area contributed by atoms with Crippen LogP contribution in [0.4, 0.5) is 5.69 Å². The van der Waals surface area contributed by atoms with E-state index >= 15 is 0 Å². The number of hydrogen-bond donors (Lipinski definition) is 0. The molecule has 1 aliphatic heterocycles. The minimum atomic E-state index is -0.790. The van der Waals surface area contributed by atoms with Crippen LogP contribution >= 0.6 is 0 Å². The molecule has 0 spiro atoms. The largest absolute Gasteiger partial charge is 0.497 e. The van der Waals surface area contributed by atoms with Crippen LogP contribution in [0.1, 0.15) is 18.9 Å². The molecule has 2 aromatic rings. The molecule has 1 saturated heterocycles. The number of hydrogen-bond acceptors (Lipinski definition) is 4. The van der Waals surface area contributed by atoms with E-state index in [0.717, 1.165) is 10.5 Å². The molecule has 0 aromatic heterocycles. The van der Waals surface area contributed by atoms with Gasteiger partial charge in [-0.25, -0.2) is 4.90 Å². The van der Waals surface area contributed by atoms with E-state index in [1.165, 1.54) is 11.8 Å². The number of ether oxygens (including phenoxy) is 1. The minimum Gasteiger partial charge on any atom is -0.497 e. The van der Waals surface area contributed by atoms with Crippen molar-refractivity contribution >= 4 is 23.4 Å². The molecule has 1 unspecified atom stereocenters. The van der Waals surface area contributed by atoms with Gasteiger partial charge in [0.25, 0.3) is 5.91 Å². The van der Waals surface area contributed by atoms with E-state index in [-0.39, 0.29) is 30.7 Å². The van der Waals surface area contributed by atoms with E-state index in [1.807, 2.05) is 18.2 Å². The lowest BCUT2D eigenvalue weighted by Gasteiger charge is -2.26. The first-order valence-electron chi connectivity index (χ1n) is 8.33. The number of benzene rings is 2. The molecule has 3 amide bonds. The van der Waals surface area contributed by atoms with Gasteiger partial charge in [0.15, 0.2) is 0 Å². The van der Waals surface area contributed by atoms with Crippen molar-refractivity contribution < 1.29 is 19.1 Å². The van der Waals surface area contributed by atoms with Crippen LogP contribution in [0.2, 0.25) is 0 Å². The van der Waals surface area contributed by atoms with Crippen molar-refractivity contribution in [2.75, 3.05) is 12.0 Å². The van der Waals surface area contributed by atoms with Crippen molar-refractivity contribution in [1.29, 1.82) is 0 Å². The molecule has 1 atom stereocenters. The first-order chi connectivity index (χ1) is 12.5. The van der Waals surface area contributed by atoms with Crippen molar-refractivity contribution in [3.63, 3.8) is 0 Å². The van der Waals surface area contributed by atoms with Crippen LogP contribution in [-0.2, 0) is 20.9 Å². The number of para-hydroxylation sites is 1. The van der Waals surface area contributed by atoms with Gasteiger partial charge in [-0.05, 0) is 29.8 Å². The Hall–Kier alpha value is -3.15. The lowest BCUT2D eigenvalue weighted by atomic mass is 10.1. The summed E-state index contributed by atoms with van der Waals surface area (Å²) in [4.78, 5) is 40.0. The summed E-state index contributed by atoms with van der Waals surface area (Å²) < 4.78 is 5.13. The van der Waals surface area contributed by atoms with Gasteiger partial charge in [-0.15, -0.1) is 0 Å². The van der Waals surface area contributed by atoms with E-state index in [9.17, 15) is 14.4 Å². The summed E-state index contributed by atoms with van der Waals surface area (Å²) in [5.74, 6) is -0.204. The third-order valence-electron chi connectivity index (χ3n) is 4.43. The molecule has 0 saturated carbocycles. The monoisotopic (exact) mass is 352 g/mol. The molecule has 3 rings (SSSR count). The van der Waals surface area contributed by atoms with Gasteiger partial charge in [0.2, 0.25) is 11.8 Å². The van der Waals surface area contributed by atoms with Crippen LogP contribution < -0.4 is 9.64 Å². The van der Waals surface area contributed by atoms with E-state index < -0.39 is 6.04 Å². The molecule has 2 aromatic carbocycles. The van der Waals surface area contributed by atoms with Gasteiger partial charge in [0.1, 0.15) is 11.8 Å². The highest BCUT2D eigenvalue weighted by atomic mass is 16.5. The number of nitrogens with zero attached hydrogens (tertiary/aromatic N) is 2. The highest BCUT2D eigenvalue weighted by Crippen LogP contribution is 2.26. The van der Waals surface area contributed by atoms with Crippen LogP contribution in [0, 0.1) is 0 Å². The molecule has 0 N–H and O–H groups in total. The maximum absolute atomic E-state index is 12.8. The number of carbonyl (C=O) groups excluding carboxylic acids is 3. The highest BCUT2D eigenvalue weighted by Gasteiger charge is 2.43. The van der Waals surface area contributed by atoms with Gasteiger partial charge < -0.3 is 9.64 Å². The Bertz CT molecular complexity index is 817. The summed E-state index contributed by atoms with van der Waals surface area (Å²) in [5.41, 5.74) is 1.39. The lowest BCUT2D eigenvalue weighted by molar-refractivity contribution is -0.137. The average molecular weight is 352 g/mol. The zero-order valence-corrected chi connectivity index (χ0v) is 14.7. The molecule has 0 aliphatic carbocycles. The van der Waals surface area contributed by atoms with Gasteiger partial charge in [0, 0.05) is 13.5 Å². The van der Waals surface area contributed by atoms with Crippen LogP contribution in [0.25, 0.3) is 0 Å². The maximum atomic E-state index is 12.8. The van der Waals surface area contributed by atoms with E-state index in [2.05, 4.69) is 0 Å². The summed E-state index contributed by atoms with van der Waals surface area (Å²) in [5, 5.41) is 0. The van der Waals surface area contributed by atoms with Crippen molar-refractivity contribution in [1.82, 2.24) is 4.90 Å². The fourth-order valence-corrected chi connectivity index (χ4v) is 3.08. The van der Waals surface area contributed by atoms with E-state index in [0.29, 0.717) is 11.4 Å². The fraction of sp³-hybridized carbons (Fsp3) is 0.250. The Balaban J connectivity index is 1.83. The summed E-state index contributed by atoms with van der Waals surface area (Å²) in [7, 11) is 1.58. The number of amides is 3. The molecule has 1 aliphatic rings. The minimum absolute atomic E-state index is 0.0105. The Morgan fingerprint density at radius 3 is 2.35 bits per heavy atom. The summed E-state index contributed by atoms with van der Waals surface area (Å²) >= 11 is 0. The van der Waals surface area contributed by atoms with Crippen LogP contribution in [-0.4, -0.2) is 35.8 Å².